The summed E-state index contributed by atoms with van der Waals surface area (Å²) in [5.41, 5.74) is 1.75. The molecule has 1 rings (SSSR count). The third kappa shape index (κ3) is 6.13. The highest BCUT2D eigenvalue weighted by molar-refractivity contribution is 5.70. The van der Waals surface area contributed by atoms with E-state index in [1.54, 1.807) is 0 Å². The molecule has 0 aliphatic carbocycles. The van der Waals surface area contributed by atoms with Crippen molar-refractivity contribution in [1.82, 2.24) is 0 Å². The Hall–Kier alpha value is -1.71. The van der Waals surface area contributed by atoms with E-state index in [9.17, 15) is 4.79 Å². The maximum absolute atomic E-state index is 11.5. The minimum atomic E-state index is -0.412. The molecule has 1 aromatic rings. The second kappa shape index (κ2) is 6.45. The van der Waals surface area contributed by atoms with E-state index < -0.39 is 5.60 Å². The predicted octanol–water partition coefficient (Wildman–Crippen LogP) is 2.90. The highest BCUT2D eigenvalue weighted by Gasteiger charge is 2.15. The smallest absolute Gasteiger partial charge is 0.308 e. The number of rotatable bonds is 5. The summed E-state index contributed by atoms with van der Waals surface area (Å²) in [6.45, 7) is 6.20. The highest BCUT2D eigenvalue weighted by atomic mass is 16.6. The summed E-state index contributed by atoms with van der Waals surface area (Å²) in [5, 5.41) is 3.21. The quantitative estimate of drug-likeness (QED) is 0.830. The fourth-order valence-corrected chi connectivity index (χ4v) is 1.58. The Morgan fingerprint density at radius 2 is 1.79 bits per heavy atom. The third-order valence-electron chi connectivity index (χ3n) is 2.46. The largest absolute Gasteiger partial charge is 0.460 e. The normalized spacial score (nSPS) is 11.0. The van der Waals surface area contributed by atoms with E-state index in [4.69, 9.17) is 4.74 Å². The summed E-state index contributed by atoms with van der Waals surface area (Å²) in [6.07, 6.45) is 0.368. The Morgan fingerprint density at radius 1 is 1.21 bits per heavy atom. The summed E-state index contributed by atoms with van der Waals surface area (Å²) in [5.74, 6) is -0.176. The van der Waals surface area contributed by atoms with E-state index in [0.29, 0.717) is 13.0 Å². The molecule has 0 amide bonds. The van der Waals surface area contributed by atoms with E-state index in [0.717, 1.165) is 11.4 Å². The van der Waals surface area contributed by atoms with Gasteiger partial charge in [0, 0.05) is 32.0 Å². The van der Waals surface area contributed by atoms with Gasteiger partial charge in [-0.25, -0.2) is 0 Å². The van der Waals surface area contributed by atoms with Gasteiger partial charge in [0.05, 0.1) is 6.42 Å². The van der Waals surface area contributed by atoms with E-state index >= 15 is 0 Å². The number of anilines is 2. The van der Waals surface area contributed by atoms with Crippen LogP contribution in [-0.4, -0.2) is 32.2 Å². The molecule has 0 aromatic heterocycles. The van der Waals surface area contributed by atoms with Crippen LogP contribution in [0.15, 0.2) is 24.3 Å². The summed E-state index contributed by atoms with van der Waals surface area (Å²) in [7, 11) is 4.01. The van der Waals surface area contributed by atoms with E-state index in [-0.39, 0.29) is 5.97 Å². The molecule has 1 N–H and O–H groups in total. The van der Waals surface area contributed by atoms with Crippen LogP contribution in [-0.2, 0) is 9.53 Å². The third-order valence-corrected chi connectivity index (χ3v) is 2.46. The lowest BCUT2D eigenvalue weighted by atomic mass is 10.2. The molecule has 0 radical (unpaired) electrons. The Kier molecular flexibility index (Phi) is 5.21. The van der Waals surface area contributed by atoms with Crippen molar-refractivity contribution < 1.29 is 9.53 Å². The molecule has 0 saturated carbocycles. The maximum Gasteiger partial charge on any atom is 0.308 e. The van der Waals surface area contributed by atoms with Crippen molar-refractivity contribution in [1.29, 1.82) is 0 Å². The Labute approximate surface area is 115 Å². The second-order valence-corrected chi connectivity index (χ2v) is 5.70. The first kappa shape index (κ1) is 15.3. The van der Waals surface area contributed by atoms with Gasteiger partial charge in [-0.1, -0.05) is 0 Å². The minimum absolute atomic E-state index is 0.176. The monoisotopic (exact) mass is 264 g/mol. The van der Waals surface area contributed by atoms with E-state index in [2.05, 4.69) is 5.32 Å². The molecule has 0 bridgehead atoms. The molecule has 0 atom stereocenters. The molecular weight excluding hydrogens is 240 g/mol. The minimum Gasteiger partial charge on any atom is -0.460 e. The first-order valence-electron chi connectivity index (χ1n) is 6.51. The zero-order chi connectivity index (χ0) is 14.5. The number of hydrogen-bond acceptors (Lipinski definition) is 4. The molecule has 0 fully saturated rings. The van der Waals surface area contributed by atoms with Gasteiger partial charge in [-0.3, -0.25) is 4.79 Å². The van der Waals surface area contributed by atoms with Gasteiger partial charge >= 0.3 is 5.97 Å². The van der Waals surface area contributed by atoms with Gasteiger partial charge in [0.2, 0.25) is 0 Å². The van der Waals surface area contributed by atoms with Gasteiger partial charge in [-0.15, -0.1) is 0 Å². The number of ether oxygens (including phenoxy) is 1. The molecule has 0 saturated heterocycles. The lowest BCUT2D eigenvalue weighted by Gasteiger charge is -2.19. The van der Waals surface area contributed by atoms with Crippen molar-refractivity contribution in [2.75, 3.05) is 30.9 Å². The molecule has 0 heterocycles. The predicted molar refractivity (Wildman–Crippen MR) is 79.7 cm³/mol. The molecule has 0 aliphatic rings. The van der Waals surface area contributed by atoms with Crippen LogP contribution in [0.2, 0.25) is 0 Å². The second-order valence-electron chi connectivity index (χ2n) is 5.70. The number of hydrogen-bond donors (Lipinski definition) is 1. The van der Waals surface area contributed by atoms with Crippen LogP contribution >= 0.6 is 0 Å². The number of nitrogens with one attached hydrogen (secondary N) is 1. The zero-order valence-electron chi connectivity index (χ0n) is 12.5. The lowest BCUT2D eigenvalue weighted by molar-refractivity contribution is -0.154. The maximum atomic E-state index is 11.5. The molecule has 0 spiro atoms. The number of esters is 1. The number of nitrogens with zero attached hydrogens (tertiary/aromatic N) is 1. The fraction of sp³-hybridized carbons (Fsp3) is 0.533. The standard InChI is InChI=1S/C15H24N2O2/c1-15(2,3)19-14(18)10-11-16-12-6-8-13(9-7-12)17(4)5/h6-9,16H,10-11H2,1-5H3. The molecular formula is C15H24N2O2. The number of carbonyl (C=O) groups excluding carboxylic acids is 1. The average Bonchev–Trinajstić information content (AvgIpc) is 2.27. The summed E-state index contributed by atoms with van der Waals surface area (Å²) < 4.78 is 5.24. The molecule has 19 heavy (non-hydrogen) atoms. The molecule has 4 heteroatoms. The number of benzene rings is 1. The Balaban J connectivity index is 2.35. The topological polar surface area (TPSA) is 41.6 Å². The van der Waals surface area contributed by atoms with Crippen LogP contribution in [0.4, 0.5) is 11.4 Å². The van der Waals surface area contributed by atoms with Crippen molar-refractivity contribution >= 4 is 17.3 Å². The molecule has 0 aliphatic heterocycles. The Morgan fingerprint density at radius 3 is 2.26 bits per heavy atom. The van der Waals surface area contributed by atoms with Crippen LogP contribution in [0.25, 0.3) is 0 Å². The van der Waals surface area contributed by atoms with Crippen LogP contribution in [0.5, 0.6) is 0 Å². The van der Waals surface area contributed by atoms with Crippen molar-refractivity contribution in [2.24, 2.45) is 0 Å². The summed E-state index contributed by atoms with van der Waals surface area (Å²) in [6, 6.07) is 8.08. The van der Waals surface area contributed by atoms with Crippen molar-refractivity contribution in [2.45, 2.75) is 32.8 Å². The first-order valence-corrected chi connectivity index (χ1v) is 6.51. The van der Waals surface area contributed by atoms with Crippen LogP contribution in [0.1, 0.15) is 27.2 Å². The van der Waals surface area contributed by atoms with Gasteiger partial charge in [0.25, 0.3) is 0 Å². The average molecular weight is 264 g/mol. The van der Waals surface area contributed by atoms with Gasteiger partial charge in [-0.2, -0.15) is 0 Å². The van der Waals surface area contributed by atoms with Crippen molar-refractivity contribution in [3.05, 3.63) is 24.3 Å². The Bertz CT molecular complexity index is 405. The highest BCUT2D eigenvalue weighted by Crippen LogP contribution is 2.15. The summed E-state index contributed by atoms with van der Waals surface area (Å²) >= 11 is 0. The van der Waals surface area contributed by atoms with Gasteiger partial charge in [-0.05, 0) is 45.0 Å². The van der Waals surface area contributed by atoms with Gasteiger partial charge < -0.3 is 15.0 Å². The first-order chi connectivity index (χ1) is 8.78. The van der Waals surface area contributed by atoms with E-state index in [1.165, 1.54) is 0 Å². The zero-order valence-corrected chi connectivity index (χ0v) is 12.5. The SMILES string of the molecule is CN(C)c1ccc(NCCC(=O)OC(C)(C)C)cc1. The summed E-state index contributed by atoms with van der Waals surface area (Å²) in [4.78, 5) is 13.6. The lowest BCUT2D eigenvalue weighted by Crippen LogP contribution is -2.25. The van der Waals surface area contributed by atoms with Crippen molar-refractivity contribution in [3.8, 4) is 0 Å². The van der Waals surface area contributed by atoms with Crippen LogP contribution in [0, 0.1) is 0 Å². The molecule has 1 aromatic carbocycles. The molecule has 106 valence electrons. The van der Waals surface area contributed by atoms with E-state index in [1.807, 2.05) is 64.0 Å². The van der Waals surface area contributed by atoms with Crippen LogP contribution < -0.4 is 10.2 Å². The number of carbonyl (C=O) groups is 1. The molecule has 0 unspecified atom stereocenters. The fourth-order valence-electron chi connectivity index (χ4n) is 1.58. The van der Waals surface area contributed by atoms with Gasteiger partial charge in [0.1, 0.15) is 5.60 Å². The van der Waals surface area contributed by atoms with Gasteiger partial charge in [0.15, 0.2) is 0 Å². The van der Waals surface area contributed by atoms with Crippen LogP contribution in [0.3, 0.4) is 0 Å². The van der Waals surface area contributed by atoms with Crippen molar-refractivity contribution in [3.63, 3.8) is 0 Å². The molecule has 4 nitrogen and oxygen atoms in total.